The van der Waals surface area contributed by atoms with Gasteiger partial charge in [-0.3, -0.25) is 19.4 Å². The number of nitrogens with one attached hydrogen (secondary N) is 2. The maximum Gasteiger partial charge on any atom is 0.234 e. The standard InChI is InChI=1S/C16H22N6O/c1-21(11-13-3-2-4-17-8-13)12-16(23)19-9-14-7-15-10-18-5-6-22(15)20-14/h2-4,7-8,18H,5-6,9-12H2,1H3,(H,19,23). The van der Waals surface area contributed by atoms with Crippen molar-refractivity contribution in [2.75, 3.05) is 20.1 Å². The minimum absolute atomic E-state index is 0.000451. The predicted molar refractivity (Wildman–Crippen MR) is 86.4 cm³/mol. The highest BCUT2D eigenvalue weighted by molar-refractivity contribution is 5.77. The average molecular weight is 314 g/mol. The lowest BCUT2D eigenvalue weighted by Crippen LogP contribution is -2.34. The summed E-state index contributed by atoms with van der Waals surface area (Å²) in [4.78, 5) is 18.1. The van der Waals surface area contributed by atoms with Crippen molar-refractivity contribution in [3.63, 3.8) is 0 Å². The van der Waals surface area contributed by atoms with Gasteiger partial charge >= 0.3 is 0 Å². The van der Waals surface area contributed by atoms with E-state index < -0.39 is 0 Å². The van der Waals surface area contributed by atoms with Crippen LogP contribution in [-0.4, -0.2) is 45.7 Å². The van der Waals surface area contributed by atoms with Crippen LogP contribution in [0.4, 0.5) is 0 Å². The Morgan fingerprint density at radius 2 is 2.43 bits per heavy atom. The highest BCUT2D eigenvalue weighted by Crippen LogP contribution is 2.07. The summed E-state index contributed by atoms with van der Waals surface area (Å²) in [5, 5.41) is 10.8. The van der Waals surface area contributed by atoms with E-state index in [1.165, 1.54) is 5.69 Å². The van der Waals surface area contributed by atoms with Crippen LogP contribution in [0.15, 0.2) is 30.6 Å². The summed E-state index contributed by atoms with van der Waals surface area (Å²) in [6.45, 7) is 4.20. The summed E-state index contributed by atoms with van der Waals surface area (Å²) >= 11 is 0. The van der Waals surface area contributed by atoms with Gasteiger partial charge in [-0.25, -0.2) is 0 Å². The molecular formula is C16H22N6O. The van der Waals surface area contributed by atoms with Gasteiger partial charge in [-0.1, -0.05) is 6.07 Å². The molecule has 0 saturated heterocycles. The summed E-state index contributed by atoms with van der Waals surface area (Å²) in [6.07, 6.45) is 3.56. The van der Waals surface area contributed by atoms with Crippen molar-refractivity contribution >= 4 is 5.91 Å². The fourth-order valence-corrected chi connectivity index (χ4v) is 2.69. The second-order valence-corrected chi connectivity index (χ2v) is 5.84. The summed E-state index contributed by atoms with van der Waals surface area (Å²) in [5.74, 6) is 0.000451. The Morgan fingerprint density at radius 1 is 1.52 bits per heavy atom. The lowest BCUT2D eigenvalue weighted by Gasteiger charge is -2.15. The molecule has 7 nitrogen and oxygen atoms in total. The number of likely N-dealkylation sites (N-methyl/N-ethyl adjacent to an activating group) is 1. The van der Waals surface area contributed by atoms with Crippen molar-refractivity contribution in [3.8, 4) is 0 Å². The first-order valence-corrected chi connectivity index (χ1v) is 7.81. The van der Waals surface area contributed by atoms with E-state index in [0.29, 0.717) is 19.6 Å². The molecule has 0 saturated carbocycles. The van der Waals surface area contributed by atoms with E-state index in [4.69, 9.17) is 0 Å². The molecule has 1 aliphatic rings. The quantitative estimate of drug-likeness (QED) is 0.793. The Morgan fingerprint density at radius 3 is 3.22 bits per heavy atom. The van der Waals surface area contributed by atoms with Gasteiger partial charge in [0.15, 0.2) is 0 Å². The van der Waals surface area contributed by atoms with Crippen molar-refractivity contribution in [2.45, 2.75) is 26.2 Å². The molecule has 0 unspecified atom stereocenters. The van der Waals surface area contributed by atoms with Crippen LogP contribution in [0.2, 0.25) is 0 Å². The second-order valence-electron chi connectivity index (χ2n) is 5.84. The van der Waals surface area contributed by atoms with Crippen LogP contribution in [0.1, 0.15) is 17.0 Å². The molecule has 0 fully saturated rings. The maximum atomic E-state index is 12.0. The van der Waals surface area contributed by atoms with Gasteiger partial charge in [-0.05, 0) is 24.7 Å². The normalized spacial score (nSPS) is 13.8. The number of pyridine rings is 1. The molecule has 3 rings (SSSR count). The molecule has 122 valence electrons. The summed E-state index contributed by atoms with van der Waals surface area (Å²) in [6, 6.07) is 5.95. The predicted octanol–water partition coefficient (Wildman–Crippen LogP) is 0.130. The molecule has 1 amide bonds. The molecule has 3 heterocycles. The molecule has 0 radical (unpaired) electrons. The fraction of sp³-hybridized carbons (Fsp3) is 0.438. The first-order valence-electron chi connectivity index (χ1n) is 7.81. The Balaban J connectivity index is 1.45. The lowest BCUT2D eigenvalue weighted by molar-refractivity contribution is -0.122. The highest BCUT2D eigenvalue weighted by Gasteiger charge is 2.12. The highest BCUT2D eigenvalue weighted by atomic mass is 16.2. The van der Waals surface area contributed by atoms with Crippen LogP contribution < -0.4 is 10.6 Å². The number of hydrogen-bond acceptors (Lipinski definition) is 5. The van der Waals surface area contributed by atoms with E-state index in [0.717, 1.165) is 30.9 Å². The number of carbonyl (C=O) groups is 1. The van der Waals surface area contributed by atoms with E-state index in [-0.39, 0.29) is 5.91 Å². The number of fused-ring (bicyclic) bond motifs is 1. The van der Waals surface area contributed by atoms with Gasteiger partial charge in [0.2, 0.25) is 5.91 Å². The zero-order chi connectivity index (χ0) is 16.1. The van der Waals surface area contributed by atoms with Gasteiger partial charge < -0.3 is 10.6 Å². The Labute approximate surface area is 135 Å². The first kappa shape index (κ1) is 15.6. The molecule has 7 heteroatoms. The second kappa shape index (κ2) is 7.34. The SMILES string of the molecule is CN(CC(=O)NCc1cc2n(n1)CCNC2)Cc1cccnc1. The molecule has 23 heavy (non-hydrogen) atoms. The number of hydrogen-bond donors (Lipinski definition) is 2. The summed E-state index contributed by atoms with van der Waals surface area (Å²) < 4.78 is 2.01. The molecule has 2 aromatic heterocycles. The van der Waals surface area contributed by atoms with Crippen LogP contribution in [-0.2, 0) is 31.0 Å². The Hall–Kier alpha value is -2.25. The van der Waals surface area contributed by atoms with Crippen LogP contribution in [0.5, 0.6) is 0 Å². The first-order chi connectivity index (χ1) is 11.2. The third kappa shape index (κ3) is 4.37. The number of rotatable bonds is 6. The summed E-state index contributed by atoms with van der Waals surface area (Å²) in [5.41, 5.74) is 3.18. The van der Waals surface area contributed by atoms with Gasteiger partial charge in [-0.15, -0.1) is 0 Å². The van der Waals surface area contributed by atoms with Crippen LogP contribution in [0, 0.1) is 0 Å². The van der Waals surface area contributed by atoms with Crippen molar-refractivity contribution in [1.29, 1.82) is 0 Å². The van der Waals surface area contributed by atoms with E-state index >= 15 is 0 Å². The lowest BCUT2D eigenvalue weighted by atomic mass is 10.2. The Bertz CT molecular complexity index is 630. The monoisotopic (exact) mass is 314 g/mol. The van der Waals surface area contributed by atoms with E-state index in [1.54, 1.807) is 6.20 Å². The number of carbonyl (C=O) groups excluding carboxylic acids is 1. The maximum absolute atomic E-state index is 12.0. The van der Waals surface area contributed by atoms with Gasteiger partial charge in [0.05, 0.1) is 31.0 Å². The van der Waals surface area contributed by atoms with E-state index in [2.05, 4.69) is 20.7 Å². The molecular weight excluding hydrogens is 292 g/mol. The van der Waals surface area contributed by atoms with Gasteiger partial charge in [0.25, 0.3) is 0 Å². The van der Waals surface area contributed by atoms with Gasteiger partial charge in [0.1, 0.15) is 0 Å². The van der Waals surface area contributed by atoms with Crippen molar-refractivity contribution in [1.82, 2.24) is 30.3 Å². The smallest absolute Gasteiger partial charge is 0.234 e. The van der Waals surface area contributed by atoms with E-state index in [1.807, 2.05) is 41.0 Å². The molecule has 0 spiro atoms. The molecule has 2 N–H and O–H groups in total. The van der Waals surface area contributed by atoms with Crippen LogP contribution >= 0.6 is 0 Å². The number of aromatic nitrogens is 3. The minimum Gasteiger partial charge on any atom is -0.349 e. The zero-order valence-corrected chi connectivity index (χ0v) is 13.3. The van der Waals surface area contributed by atoms with Gasteiger partial charge in [-0.2, -0.15) is 5.10 Å². The minimum atomic E-state index is 0.000451. The number of amides is 1. The molecule has 0 atom stereocenters. The molecule has 0 bridgehead atoms. The Kier molecular flexibility index (Phi) is 4.99. The molecule has 0 aromatic carbocycles. The van der Waals surface area contributed by atoms with Crippen LogP contribution in [0.25, 0.3) is 0 Å². The topological polar surface area (TPSA) is 75.1 Å². The van der Waals surface area contributed by atoms with Crippen molar-refractivity contribution in [3.05, 3.63) is 47.5 Å². The largest absolute Gasteiger partial charge is 0.349 e. The average Bonchev–Trinajstić information content (AvgIpc) is 2.96. The number of nitrogens with zero attached hydrogens (tertiary/aromatic N) is 4. The van der Waals surface area contributed by atoms with Gasteiger partial charge in [0, 0.05) is 32.0 Å². The zero-order valence-electron chi connectivity index (χ0n) is 13.3. The summed E-state index contributed by atoms with van der Waals surface area (Å²) in [7, 11) is 1.92. The third-order valence-electron chi connectivity index (χ3n) is 3.78. The van der Waals surface area contributed by atoms with Crippen molar-refractivity contribution in [2.24, 2.45) is 0 Å². The van der Waals surface area contributed by atoms with Crippen LogP contribution in [0.3, 0.4) is 0 Å². The molecule has 1 aliphatic heterocycles. The van der Waals surface area contributed by atoms with Crippen molar-refractivity contribution < 1.29 is 4.79 Å². The third-order valence-corrected chi connectivity index (χ3v) is 3.78. The van der Waals surface area contributed by atoms with E-state index in [9.17, 15) is 4.79 Å². The molecule has 0 aliphatic carbocycles. The fourth-order valence-electron chi connectivity index (χ4n) is 2.69. The molecule has 2 aromatic rings.